The first kappa shape index (κ1) is 17.8. The van der Waals surface area contributed by atoms with Crippen LogP contribution in [0, 0.1) is 10.1 Å². The molecule has 0 aliphatic heterocycles. The highest BCUT2D eigenvalue weighted by molar-refractivity contribution is 5.85. The van der Waals surface area contributed by atoms with Crippen LogP contribution in [0.2, 0.25) is 0 Å². The number of carboxylic acid groups (broad SMARTS) is 1. The van der Waals surface area contributed by atoms with Gasteiger partial charge in [-0.1, -0.05) is 0 Å². The summed E-state index contributed by atoms with van der Waals surface area (Å²) in [5.74, 6) is -1.65. The van der Waals surface area contributed by atoms with E-state index in [0.717, 1.165) is 6.92 Å². The molecule has 0 fully saturated rings. The van der Waals surface area contributed by atoms with E-state index in [0.29, 0.717) is 0 Å². The first-order valence-electron chi connectivity index (χ1n) is 4.40. The van der Waals surface area contributed by atoms with Crippen LogP contribution in [-0.4, -0.2) is 40.1 Å². The van der Waals surface area contributed by atoms with Crippen LogP contribution in [0.5, 0.6) is 0 Å². The summed E-state index contributed by atoms with van der Waals surface area (Å²) in [7, 11) is 0. The van der Waals surface area contributed by atoms with E-state index in [9.17, 15) is 14.9 Å². The van der Waals surface area contributed by atoms with E-state index in [4.69, 9.17) is 22.3 Å². The van der Waals surface area contributed by atoms with Crippen molar-refractivity contribution in [3.8, 4) is 0 Å². The fourth-order valence-electron chi connectivity index (χ4n) is 1.04. The van der Waals surface area contributed by atoms with Gasteiger partial charge in [-0.3, -0.25) is 19.9 Å². The van der Waals surface area contributed by atoms with Gasteiger partial charge in [0.2, 0.25) is 5.54 Å². The van der Waals surface area contributed by atoms with Gasteiger partial charge in [0.15, 0.2) is 12.0 Å². The fraction of sp³-hybridized carbons (Fsp3) is 0.714. The minimum Gasteiger partial charge on any atom is -0.480 e. The minimum atomic E-state index is -1.80. The smallest absolute Gasteiger partial charge is 0.327 e. The molecule has 0 aromatic heterocycles. The molecule has 0 aliphatic rings. The number of rotatable bonds is 6. The number of nitrogens with zero attached hydrogens (tertiary/aromatic N) is 2. The molecule has 0 saturated carbocycles. The molecule has 0 aromatic carbocycles. The first-order valence-corrected chi connectivity index (χ1v) is 4.40. The van der Waals surface area contributed by atoms with Gasteiger partial charge in [-0.15, -0.1) is 12.4 Å². The zero-order valence-electron chi connectivity index (χ0n) is 9.20. The second-order valence-corrected chi connectivity index (χ2v) is 3.49. The standard InChI is InChI=1S/C7H15N5O4.ClH/c1-7(12(15)16,4(8)5(13)14)2-3-11-6(9)10;/h4H,2-3,8H2,1H3,(H,13,14)(H4,9,10,11);1H/t4-,7?;/m1./s1. The topological polar surface area (TPSA) is 171 Å². The van der Waals surface area contributed by atoms with Crippen LogP contribution < -0.4 is 17.2 Å². The molecular formula is C7H16ClN5O4. The number of aliphatic carboxylic acids is 1. The van der Waals surface area contributed by atoms with Crippen molar-refractivity contribution < 1.29 is 14.8 Å². The lowest BCUT2D eigenvalue weighted by atomic mass is 9.90. The normalized spacial score (nSPS) is 14.9. The molecule has 1 unspecified atom stereocenters. The molecule has 2 atom stereocenters. The highest BCUT2D eigenvalue weighted by Gasteiger charge is 2.47. The maximum absolute atomic E-state index is 10.8. The van der Waals surface area contributed by atoms with Gasteiger partial charge in [0.1, 0.15) is 0 Å². The second kappa shape index (κ2) is 6.86. The van der Waals surface area contributed by atoms with E-state index >= 15 is 0 Å². The number of carbonyl (C=O) groups is 1. The Bertz CT molecular complexity index is 319. The van der Waals surface area contributed by atoms with Crippen LogP contribution in [0.4, 0.5) is 0 Å². The molecule has 0 bridgehead atoms. The Kier molecular flexibility index (Phi) is 7.17. The van der Waals surface area contributed by atoms with Crippen LogP contribution in [0.1, 0.15) is 13.3 Å². The van der Waals surface area contributed by atoms with Crippen LogP contribution >= 0.6 is 12.4 Å². The molecule has 0 radical (unpaired) electrons. The molecule has 9 nitrogen and oxygen atoms in total. The zero-order valence-corrected chi connectivity index (χ0v) is 10.0. The van der Waals surface area contributed by atoms with E-state index in [1.54, 1.807) is 0 Å². The van der Waals surface area contributed by atoms with Crippen molar-refractivity contribution in [1.82, 2.24) is 0 Å². The molecule has 17 heavy (non-hydrogen) atoms. The maximum Gasteiger partial charge on any atom is 0.327 e. The number of carboxylic acids is 1. The molecule has 0 saturated heterocycles. The number of halogens is 1. The number of nitro groups is 1. The summed E-state index contributed by atoms with van der Waals surface area (Å²) in [6.07, 6.45) is -0.161. The fourth-order valence-corrected chi connectivity index (χ4v) is 1.04. The lowest BCUT2D eigenvalue weighted by molar-refractivity contribution is -0.567. The van der Waals surface area contributed by atoms with Gasteiger partial charge in [-0.05, 0) is 0 Å². The Hall–Kier alpha value is -1.61. The van der Waals surface area contributed by atoms with Gasteiger partial charge in [0.25, 0.3) is 0 Å². The molecule has 10 heteroatoms. The molecule has 100 valence electrons. The van der Waals surface area contributed by atoms with Crippen LogP contribution in [0.3, 0.4) is 0 Å². The lowest BCUT2D eigenvalue weighted by Gasteiger charge is -2.23. The quantitative estimate of drug-likeness (QED) is 0.197. The monoisotopic (exact) mass is 269 g/mol. The Labute approximate surface area is 104 Å². The third kappa shape index (κ3) is 4.83. The van der Waals surface area contributed by atoms with Crippen LogP contribution in [0.25, 0.3) is 0 Å². The van der Waals surface area contributed by atoms with E-state index in [1.165, 1.54) is 0 Å². The predicted octanol–water partition coefficient (Wildman–Crippen LogP) is -1.48. The van der Waals surface area contributed by atoms with Crippen molar-refractivity contribution in [2.24, 2.45) is 22.2 Å². The molecule has 0 rings (SSSR count). The SMILES string of the molecule is CC(CCN=C(N)N)([C@H](N)C(=O)O)[N+](=O)[O-].Cl. The number of nitrogens with two attached hydrogens (primary N) is 3. The third-order valence-electron chi connectivity index (χ3n) is 2.27. The Morgan fingerprint density at radius 2 is 2.06 bits per heavy atom. The third-order valence-corrected chi connectivity index (χ3v) is 2.27. The van der Waals surface area contributed by atoms with E-state index in [2.05, 4.69) is 4.99 Å². The summed E-state index contributed by atoms with van der Waals surface area (Å²) in [5, 5.41) is 19.5. The highest BCUT2D eigenvalue weighted by Crippen LogP contribution is 2.18. The lowest BCUT2D eigenvalue weighted by Crippen LogP contribution is -2.56. The Morgan fingerprint density at radius 3 is 2.35 bits per heavy atom. The first-order chi connectivity index (χ1) is 7.21. The minimum absolute atomic E-state index is 0. The molecular weight excluding hydrogens is 254 g/mol. The van der Waals surface area contributed by atoms with Crippen molar-refractivity contribution >= 4 is 24.3 Å². The van der Waals surface area contributed by atoms with E-state index < -0.39 is 22.5 Å². The van der Waals surface area contributed by atoms with Gasteiger partial charge < -0.3 is 22.3 Å². The van der Waals surface area contributed by atoms with Gasteiger partial charge in [-0.2, -0.15) is 0 Å². The van der Waals surface area contributed by atoms with Gasteiger partial charge in [-0.25, -0.2) is 0 Å². The summed E-state index contributed by atoms with van der Waals surface area (Å²) in [6.45, 7) is 1.09. The zero-order chi connectivity index (χ0) is 12.9. The molecule has 0 aromatic rings. The summed E-state index contributed by atoms with van der Waals surface area (Å²) < 4.78 is 0. The van der Waals surface area contributed by atoms with Crippen LogP contribution in [-0.2, 0) is 4.79 Å². The van der Waals surface area contributed by atoms with Crippen molar-refractivity contribution in [3.63, 3.8) is 0 Å². The van der Waals surface area contributed by atoms with E-state index in [1.807, 2.05) is 0 Å². The number of hydrogen-bond acceptors (Lipinski definition) is 5. The van der Waals surface area contributed by atoms with Crippen molar-refractivity contribution in [3.05, 3.63) is 10.1 Å². The maximum atomic E-state index is 10.8. The molecule has 0 amide bonds. The number of hydrogen-bond donors (Lipinski definition) is 4. The van der Waals surface area contributed by atoms with Gasteiger partial charge in [0, 0.05) is 24.8 Å². The second-order valence-electron chi connectivity index (χ2n) is 3.49. The van der Waals surface area contributed by atoms with Gasteiger partial charge >= 0.3 is 5.97 Å². The molecule has 0 aliphatic carbocycles. The largest absolute Gasteiger partial charge is 0.480 e. The molecule has 0 spiro atoms. The van der Waals surface area contributed by atoms with Crippen molar-refractivity contribution in [2.75, 3.05) is 6.54 Å². The summed E-state index contributed by atoms with van der Waals surface area (Å²) in [6, 6.07) is -1.61. The molecule has 0 heterocycles. The number of aliphatic imine (C=N–C) groups is 1. The molecule has 7 N–H and O–H groups in total. The predicted molar refractivity (Wildman–Crippen MR) is 63.6 cm³/mol. The average molecular weight is 270 g/mol. The van der Waals surface area contributed by atoms with Crippen LogP contribution in [0.15, 0.2) is 4.99 Å². The summed E-state index contributed by atoms with van der Waals surface area (Å²) >= 11 is 0. The van der Waals surface area contributed by atoms with Gasteiger partial charge in [0.05, 0.1) is 0 Å². The van der Waals surface area contributed by atoms with E-state index in [-0.39, 0.29) is 31.3 Å². The highest BCUT2D eigenvalue weighted by atomic mass is 35.5. The summed E-state index contributed by atoms with van der Waals surface area (Å²) in [5.41, 5.74) is 13.5. The van der Waals surface area contributed by atoms with Crippen molar-refractivity contribution in [1.29, 1.82) is 0 Å². The average Bonchev–Trinajstić information content (AvgIpc) is 2.15. The summed E-state index contributed by atoms with van der Waals surface area (Å²) in [4.78, 5) is 24.3. The number of guanidine groups is 1. The van der Waals surface area contributed by atoms with Crippen molar-refractivity contribution in [2.45, 2.75) is 24.9 Å². The Morgan fingerprint density at radius 1 is 1.59 bits per heavy atom. The Balaban J connectivity index is 0.